The molecule has 10 aliphatic rings. The van der Waals surface area contributed by atoms with Crippen molar-refractivity contribution < 1.29 is 242 Å². The Kier molecular flexibility index (Phi) is 34.3. The van der Waals surface area contributed by atoms with Crippen LogP contribution in [-0.4, -0.2) is 515 Å². The first-order chi connectivity index (χ1) is 55.8. The molecule has 10 aliphatic heterocycles. The summed E-state index contributed by atoms with van der Waals surface area (Å²) in [5.41, 5.74) is 0. The molecule has 10 fully saturated rings. The quantitative estimate of drug-likeness (QED) is 0.0331. The maximum absolute atomic E-state index is 13.6. The molecule has 118 heavy (non-hydrogen) atoms. The van der Waals surface area contributed by atoms with Gasteiger partial charge in [0.15, 0.2) is 62.9 Å². The van der Waals surface area contributed by atoms with Crippen LogP contribution in [0.3, 0.4) is 0 Å². The Hall–Kier alpha value is -3.43. The van der Waals surface area contributed by atoms with Gasteiger partial charge in [-0.25, -0.2) is 0 Å². The van der Waals surface area contributed by atoms with Gasteiger partial charge in [0.1, 0.15) is 232 Å². The van der Waals surface area contributed by atoms with Crippen LogP contribution in [0.15, 0.2) is 0 Å². The van der Waals surface area contributed by atoms with Gasteiger partial charge in [0.05, 0.1) is 65.1 Å². The lowest BCUT2D eigenvalue weighted by Crippen LogP contribution is -2.71. The number of aliphatic hydroxyl groups excluding tert-OH is 27. The highest BCUT2D eigenvalue weighted by Crippen LogP contribution is 2.41. The van der Waals surface area contributed by atoms with Crippen molar-refractivity contribution in [3.63, 3.8) is 0 Å². The van der Waals surface area contributed by atoms with Crippen molar-refractivity contribution in [2.75, 3.05) is 52.9 Å². The van der Waals surface area contributed by atoms with Crippen LogP contribution in [0.4, 0.5) is 0 Å². The van der Waals surface area contributed by atoms with Crippen molar-refractivity contribution in [1.82, 2.24) is 16.0 Å². The Morgan fingerprint density at radius 1 is 0.237 bits per heavy atom. The number of carbonyl (C=O) groups excluding carboxylic acids is 3. The van der Waals surface area contributed by atoms with Crippen molar-refractivity contribution in [3.8, 4) is 0 Å². The lowest BCUT2D eigenvalue weighted by atomic mass is 9.93. The van der Waals surface area contributed by atoms with Crippen LogP contribution in [0.5, 0.6) is 0 Å². The monoisotopic (exact) mass is 1730 g/mol. The van der Waals surface area contributed by atoms with Crippen LogP contribution < -0.4 is 16.0 Å². The summed E-state index contributed by atoms with van der Waals surface area (Å²) < 4.78 is 113. The summed E-state index contributed by atoms with van der Waals surface area (Å²) in [7, 11) is 0. The standard InChI is InChI=1S/C66H111N3O49/c1-14-30(80)38(88)44(94)61(101-14)115-53-29(69-18(5)79)58(109-25(12-76)50(53)112-64-47(97)54(36(86)23(10-74)107-64)116-59-27(67-16(3)77)51(34(84)21(8-72)104-59)113-63-46(96)40(90)32(82)19(6-70)106-63)100-13-26-37(87)55(48(98)65(110-26)111-49-24(11-75)103-57(99)43(93)42(49)92)117-60-28(68-17(4)78)52(35(85)22(9-73)105-60)114-66-56(41(91)33(83)20(7-71)108-66)118-62-45(95)39(89)31(81)15(2)102-62/h14-15,19-66,70-76,80-99H,6-13H2,1-5H3,(H,67,77)(H,68,78)(H,69,79)/t14-,15-,19-,20-,21-,22-,23-,24-,25-,26-,27-,28-,29-,30+,31+,32+,33+,34-,35-,36+,37+,38+,39+,40+,41+,42-,43-,44-,45-,46-,47-,48-,49-,50-,51-,52-,53-,54+,55+,56-,57?,58-,59+,60+,61-,62-,63+,64+,65+,66+/m1/s1. The molecular formula is C66H111N3O49. The van der Waals surface area contributed by atoms with E-state index in [4.69, 9.17) is 90.0 Å². The van der Waals surface area contributed by atoms with Crippen molar-refractivity contribution in [1.29, 1.82) is 0 Å². The normalized spacial score (nSPS) is 51.1. The van der Waals surface area contributed by atoms with Crippen molar-refractivity contribution in [2.45, 2.75) is 341 Å². The minimum Gasteiger partial charge on any atom is -0.394 e. The third-order valence-corrected chi connectivity index (χ3v) is 22.0. The molecule has 0 aromatic heterocycles. The number of hydrogen-bond acceptors (Lipinski definition) is 49. The Balaban J connectivity index is 0.976. The number of amides is 3. The fraction of sp³-hybridized carbons (Fsp3) is 0.955. The van der Waals surface area contributed by atoms with E-state index in [1.165, 1.54) is 13.8 Å². The van der Waals surface area contributed by atoms with Crippen LogP contribution in [-0.2, 0) is 104 Å². The first-order valence-electron chi connectivity index (χ1n) is 37.9. The second-order valence-corrected chi connectivity index (χ2v) is 30.2. The van der Waals surface area contributed by atoms with Crippen molar-refractivity contribution in [3.05, 3.63) is 0 Å². The highest BCUT2D eigenvalue weighted by molar-refractivity contribution is 5.74. The van der Waals surface area contributed by atoms with Crippen LogP contribution >= 0.6 is 0 Å². The fourth-order valence-corrected chi connectivity index (χ4v) is 15.4. The molecule has 10 saturated heterocycles. The molecule has 52 nitrogen and oxygen atoms in total. The number of ether oxygens (including phenoxy) is 19. The Morgan fingerprint density at radius 3 is 0.949 bits per heavy atom. The molecule has 0 spiro atoms. The molecule has 684 valence electrons. The zero-order valence-electron chi connectivity index (χ0n) is 63.6. The Morgan fingerprint density at radius 2 is 0.517 bits per heavy atom. The van der Waals surface area contributed by atoms with E-state index in [2.05, 4.69) is 16.0 Å². The van der Waals surface area contributed by atoms with E-state index in [0.29, 0.717) is 0 Å². The minimum atomic E-state index is -2.49. The molecule has 30 N–H and O–H groups in total. The largest absolute Gasteiger partial charge is 0.394 e. The number of rotatable bonds is 29. The van der Waals surface area contributed by atoms with Crippen molar-refractivity contribution in [2.24, 2.45) is 0 Å². The average Bonchev–Trinajstić information content (AvgIpc) is 0.763. The zero-order chi connectivity index (χ0) is 86.8. The summed E-state index contributed by atoms with van der Waals surface area (Å²) >= 11 is 0. The summed E-state index contributed by atoms with van der Waals surface area (Å²) in [5.74, 6) is -2.94. The van der Waals surface area contributed by atoms with Gasteiger partial charge in [-0.1, -0.05) is 0 Å². The van der Waals surface area contributed by atoms with E-state index in [1.807, 2.05) is 0 Å². The van der Waals surface area contributed by atoms with Crippen LogP contribution in [0, 0.1) is 0 Å². The molecule has 3 amide bonds. The summed E-state index contributed by atoms with van der Waals surface area (Å²) in [6.07, 6.45) is -96.9. The van der Waals surface area contributed by atoms with E-state index >= 15 is 0 Å². The van der Waals surface area contributed by atoms with Gasteiger partial charge in [0.2, 0.25) is 17.7 Å². The molecule has 52 heteroatoms. The molecular weight excluding hydrogens is 1620 g/mol. The summed E-state index contributed by atoms with van der Waals surface area (Å²) in [6, 6.07) is -5.91. The fourth-order valence-electron chi connectivity index (χ4n) is 15.4. The van der Waals surface area contributed by atoms with E-state index in [-0.39, 0.29) is 0 Å². The Labute approximate surface area is 668 Å². The van der Waals surface area contributed by atoms with Gasteiger partial charge in [0.25, 0.3) is 0 Å². The molecule has 50 atom stereocenters. The molecule has 10 rings (SSSR count). The predicted molar refractivity (Wildman–Crippen MR) is 362 cm³/mol. The van der Waals surface area contributed by atoms with E-state index in [9.17, 15) is 152 Å². The topological polar surface area (TPSA) is 809 Å². The van der Waals surface area contributed by atoms with E-state index in [1.54, 1.807) is 0 Å². The molecule has 10 heterocycles. The SMILES string of the molecule is CC(=O)N[C@H]1[C@H](OC[C@H]2O[C@@H](O[C@H]3[C@H](O)[C@@H](O)C(O)O[C@@H]3CO)[C@H](O)[C@@H](O[C@@H]3O[C@H](CO)[C@@H](O)[C@H](O[C@@H]4O[C@H](CO)[C@H](O)[C@H](O)[C@H]4O[C@H]4O[C@H](C)[C@H](O)[C@H](O)[C@H]4O)[C@H]3NC(C)=O)[C@H]2O)O[C@H](CO)[C@@H](O[C@@H]2O[C@H](CO)[C@H](O)[C@H](O[C@@H]3O[C@H](CO)[C@@H](O)[C@H](O[C@@H]4O[C@H](CO)[C@H](O)[C@H](O)[C@H]4O)[C@H]3NC(C)=O)[C@H]2O)[C@@H]1O[C@H]1O[C@H](C)[C@H](O)[C@H](O)[C@H]1O. The maximum Gasteiger partial charge on any atom is 0.217 e. The first kappa shape index (κ1) is 96.8. The van der Waals surface area contributed by atoms with Crippen LogP contribution in [0.25, 0.3) is 0 Å². The van der Waals surface area contributed by atoms with Gasteiger partial charge in [-0.3, -0.25) is 14.4 Å². The van der Waals surface area contributed by atoms with Crippen molar-refractivity contribution >= 4 is 17.7 Å². The molecule has 0 aliphatic carbocycles. The van der Waals surface area contributed by atoms with Crippen LogP contribution in [0.2, 0.25) is 0 Å². The second-order valence-electron chi connectivity index (χ2n) is 30.2. The smallest absolute Gasteiger partial charge is 0.217 e. The molecule has 0 aromatic carbocycles. The molecule has 0 radical (unpaired) electrons. The Bertz CT molecular complexity index is 3140. The molecule has 0 aromatic rings. The molecule has 0 bridgehead atoms. The highest BCUT2D eigenvalue weighted by Gasteiger charge is 2.62. The van der Waals surface area contributed by atoms with E-state index < -0.39 is 377 Å². The third kappa shape index (κ3) is 20.8. The van der Waals surface area contributed by atoms with Gasteiger partial charge in [-0.05, 0) is 13.8 Å². The van der Waals surface area contributed by atoms with Gasteiger partial charge in [-0.15, -0.1) is 0 Å². The second kappa shape index (κ2) is 41.8. The maximum atomic E-state index is 13.6. The average molecular weight is 1730 g/mol. The number of carbonyl (C=O) groups is 3. The first-order valence-corrected chi connectivity index (χ1v) is 37.9. The summed E-state index contributed by atoms with van der Waals surface area (Å²) in [6.45, 7) is -3.75. The van der Waals surface area contributed by atoms with Crippen LogP contribution in [0.1, 0.15) is 34.6 Å². The molecule has 1 unspecified atom stereocenters. The van der Waals surface area contributed by atoms with Gasteiger partial charge in [0, 0.05) is 20.8 Å². The number of nitrogens with one attached hydrogen (secondary N) is 3. The third-order valence-electron chi connectivity index (χ3n) is 22.0. The summed E-state index contributed by atoms with van der Waals surface area (Å²) in [5, 5.41) is 307. The van der Waals surface area contributed by atoms with Gasteiger partial charge < -0.3 is 244 Å². The number of hydrogen-bond donors (Lipinski definition) is 30. The van der Waals surface area contributed by atoms with E-state index in [0.717, 1.165) is 20.8 Å². The lowest BCUT2D eigenvalue weighted by molar-refractivity contribution is -0.394. The van der Waals surface area contributed by atoms with Gasteiger partial charge >= 0.3 is 0 Å². The highest BCUT2D eigenvalue weighted by atomic mass is 16.8. The minimum absolute atomic E-state index is 0.917. The molecule has 0 saturated carbocycles. The zero-order valence-corrected chi connectivity index (χ0v) is 63.6. The predicted octanol–water partition coefficient (Wildman–Crippen LogP) is -20.3. The lowest BCUT2D eigenvalue weighted by Gasteiger charge is -2.52. The van der Waals surface area contributed by atoms with Gasteiger partial charge in [-0.2, -0.15) is 0 Å². The summed E-state index contributed by atoms with van der Waals surface area (Å²) in [4.78, 5) is 39.9. The number of aliphatic hydroxyl groups is 27.